The number of ketones is 1. The highest BCUT2D eigenvalue weighted by atomic mass is 16.5. The fourth-order valence-corrected chi connectivity index (χ4v) is 4.60. The number of phenols is 1. The number of hydrogen-bond acceptors (Lipinski definition) is 8. The van der Waals surface area contributed by atoms with E-state index in [-0.39, 0.29) is 29.7 Å². The Bertz CT molecular complexity index is 1190. The van der Waals surface area contributed by atoms with E-state index in [4.69, 9.17) is 13.6 Å². The Morgan fingerprint density at radius 2 is 1.79 bits per heavy atom. The Morgan fingerprint density at radius 3 is 2.47 bits per heavy atom. The summed E-state index contributed by atoms with van der Waals surface area (Å²) in [4.78, 5) is 30.2. The number of aromatic hydroxyl groups is 1. The number of ether oxygens (including phenoxy) is 1. The SMILES string of the molecule is O=C(C1=C(O)C(=O)N(CC(c2ccco2)N2CCOCC2)C1c1cccc(O)c1)c1ccco1. The second kappa shape index (κ2) is 9.20. The number of benzene rings is 1. The van der Waals surface area contributed by atoms with Gasteiger partial charge in [0.05, 0.1) is 43.4 Å². The third-order valence-corrected chi connectivity index (χ3v) is 6.21. The molecule has 1 saturated heterocycles. The summed E-state index contributed by atoms with van der Waals surface area (Å²) < 4.78 is 16.4. The molecule has 3 aromatic rings. The molecule has 0 spiro atoms. The van der Waals surface area contributed by atoms with E-state index < -0.39 is 23.5 Å². The zero-order valence-corrected chi connectivity index (χ0v) is 18.3. The van der Waals surface area contributed by atoms with Gasteiger partial charge in [-0.1, -0.05) is 12.1 Å². The number of carbonyl (C=O) groups is 2. The van der Waals surface area contributed by atoms with Crippen LogP contribution in [0.15, 0.2) is 81.2 Å². The van der Waals surface area contributed by atoms with Gasteiger partial charge in [-0.25, -0.2) is 0 Å². The molecule has 0 aliphatic carbocycles. The third-order valence-electron chi connectivity index (χ3n) is 6.21. The maximum atomic E-state index is 13.3. The summed E-state index contributed by atoms with van der Waals surface area (Å²) in [7, 11) is 0. The molecule has 1 fully saturated rings. The molecular weight excluding hydrogens is 440 g/mol. The Morgan fingerprint density at radius 1 is 1.03 bits per heavy atom. The first-order chi connectivity index (χ1) is 16.5. The smallest absolute Gasteiger partial charge is 0.290 e. The van der Waals surface area contributed by atoms with Crippen molar-refractivity contribution in [1.29, 1.82) is 0 Å². The number of furan rings is 2. The molecule has 0 bridgehead atoms. The monoisotopic (exact) mass is 464 g/mol. The largest absolute Gasteiger partial charge is 0.508 e. The molecule has 2 N–H and O–H groups in total. The lowest BCUT2D eigenvalue weighted by Gasteiger charge is -2.37. The van der Waals surface area contributed by atoms with Crippen LogP contribution in [0.25, 0.3) is 0 Å². The van der Waals surface area contributed by atoms with Crippen LogP contribution >= 0.6 is 0 Å². The zero-order chi connectivity index (χ0) is 23.7. The molecular formula is C25H24N2O7. The highest BCUT2D eigenvalue weighted by Gasteiger charge is 2.46. The first kappa shape index (κ1) is 22.0. The first-order valence-corrected chi connectivity index (χ1v) is 11.0. The summed E-state index contributed by atoms with van der Waals surface area (Å²) >= 11 is 0. The average molecular weight is 464 g/mol. The lowest BCUT2D eigenvalue weighted by Crippen LogP contribution is -2.45. The van der Waals surface area contributed by atoms with E-state index in [1.54, 1.807) is 30.5 Å². The number of amides is 1. The number of rotatable bonds is 7. The molecule has 2 aromatic heterocycles. The van der Waals surface area contributed by atoms with Gasteiger partial charge in [0.1, 0.15) is 11.5 Å². The molecule has 2 unspecified atom stereocenters. The van der Waals surface area contributed by atoms with Gasteiger partial charge >= 0.3 is 0 Å². The number of carbonyl (C=O) groups excluding carboxylic acids is 2. The number of aliphatic hydroxyl groups is 1. The minimum atomic E-state index is -0.921. The lowest BCUT2D eigenvalue weighted by molar-refractivity contribution is -0.130. The van der Waals surface area contributed by atoms with Crippen molar-refractivity contribution >= 4 is 11.7 Å². The van der Waals surface area contributed by atoms with Crippen molar-refractivity contribution in [2.45, 2.75) is 12.1 Å². The average Bonchev–Trinajstić information content (AvgIpc) is 3.61. The minimum Gasteiger partial charge on any atom is -0.508 e. The fourth-order valence-electron chi connectivity index (χ4n) is 4.60. The van der Waals surface area contributed by atoms with Crippen molar-refractivity contribution in [3.8, 4) is 5.75 Å². The topological polar surface area (TPSA) is 117 Å². The van der Waals surface area contributed by atoms with Crippen molar-refractivity contribution in [3.05, 3.63) is 89.5 Å². The highest BCUT2D eigenvalue weighted by Crippen LogP contribution is 2.41. The Kier molecular flexibility index (Phi) is 5.95. The third kappa shape index (κ3) is 4.00. The van der Waals surface area contributed by atoms with Crippen molar-refractivity contribution in [2.24, 2.45) is 0 Å². The molecule has 2 aliphatic heterocycles. The van der Waals surface area contributed by atoms with Gasteiger partial charge in [-0.15, -0.1) is 0 Å². The van der Waals surface area contributed by atoms with Crippen molar-refractivity contribution in [1.82, 2.24) is 9.80 Å². The number of phenolic OH excluding ortho intramolecular Hbond substituents is 1. The summed E-state index contributed by atoms with van der Waals surface area (Å²) in [5.41, 5.74) is 0.401. The van der Waals surface area contributed by atoms with Gasteiger partial charge in [-0.3, -0.25) is 14.5 Å². The molecule has 1 aromatic carbocycles. The van der Waals surface area contributed by atoms with Crippen LogP contribution in [0.1, 0.15) is 34.0 Å². The fraction of sp³-hybridized carbons (Fsp3) is 0.280. The predicted molar refractivity (Wildman–Crippen MR) is 119 cm³/mol. The van der Waals surface area contributed by atoms with E-state index in [2.05, 4.69) is 4.90 Å². The van der Waals surface area contributed by atoms with Crippen LogP contribution in [-0.2, 0) is 9.53 Å². The molecule has 9 heteroatoms. The van der Waals surface area contributed by atoms with Crippen LogP contribution in [0.3, 0.4) is 0 Å². The molecule has 2 aliphatic rings. The van der Waals surface area contributed by atoms with Gasteiger partial charge in [0.25, 0.3) is 5.91 Å². The lowest BCUT2D eigenvalue weighted by atomic mass is 9.94. The van der Waals surface area contributed by atoms with Gasteiger partial charge in [-0.05, 0) is 42.0 Å². The van der Waals surface area contributed by atoms with Crippen molar-refractivity contribution in [2.75, 3.05) is 32.8 Å². The van der Waals surface area contributed by atoms with Crippen LogP contribution in [0.2, 0.25) is 0 Å². The normalized spacial score (nSPS) is 20.2. The predicted octanol–water partition coefficient (Wildman–Crippen LogP) is 3.23. The Hall–Kier alpha value is -3.82. The molecule has 2 atom stereocenters. The molecule has 1 amide bonds. The van der Waals surface area contributed by atoms with E-state index in [1.807, 2.05) is 6.07 Å². The number of Topliss-reactive ketones (excluding diaryl/α,β-unsaturated/α-hetero) is 1. The van der Waals surface area contributed by atoms with E-state index in [1.165, 1.54) is 29.4 Å². The number of aliphatic hydroxyl groups excluding tert-OH is 1. The molecule has 176 valence electrons. The van der Waals surface area contributed by atoms with Crippen LogP contribution in [0.5, 0.6) is 5.75 Å². The molecule has 0 saturated carbocycles. The van der Waals surface area contributed by atoms with Crippen molar-refractivity contribution < 1.29 is 33.4 Å². The first-order valence-electron chi connectivity index (χ1n) is 11.0. The summed E-state index contributed by atoms with van der Waals surface area (Å²) in [5.74, 6) is -1.24. The van der Waals surface area contributed by atoms with Crippen LogP contribution in [0.4, 0.5) is 0 Å². The standard InChI is InChI=1S/C25H24N2O7/c28-17-5-1-4-16(14-17)22-21(23(29)20-7-3-11-34-20)24(30)25(31)27(22)15-18(19-6-2-10-33-19)26-8-12-32-13-9-26/h1-7,10-11,14,18,22,28,30H,8-9,12-13,15H2. The number of nitrogens with zero attached hydrogens (tertiary/aromatic N) is 2. The minimum absolute atomic E-state index is 0.0112. The highest BCUT2D eigenvalue weighted by molar-refractivity contribution is 6.15. The molecule has 34 heavy (non-hydrogen) atoms. The van der Waals surface area contributed by atoms with Gasteiger partial charge in [0, 0.05) is 19.6 Å². The summed E-state index contributed by atoms with van der Waals surface area (Å²) in [5, 5.41) is 21.0. The molecule has 4 heterocycles. The Balaban J connectivity index is 1.56. The summed E-state index contributed by atoms with van der Waals surface area (Å²) in [6, 6.07) is 11.7. The van der Waals surface area contributed by atoms with E-state index in [0.29, 0.717) is 37.6 Å². The number of morpholine rings is 1. The van der Waals surface area contributed by atoms with Crippen LogP contribution in [0, 0.1) is 0 Å². The second-order valence-corrected chi connectivity index (χ2v) is 8.20. The number of hydrogen-bond donors (Lipinski definition) is 2. The van der Waals surface area contributed by atoms with E-state index in [9.17, 15) is 19.8 Å². The van der Waals surface area contributed by atoms with Crippen LogP contribution in [-0.4, -0.2) is 64.6 Å². The van der Waals surface area contributed by atoms with Gasteiger partial charge in [-0.2, -0.15) is 0 Å². The maximum absolute atomic E-state index is 13.3. The van der Waals surface area contributed by atoms with Gasteiger partial charge < -0.3 is 28.7 Å². The Labute approximate surface area is 195 Å². The van der Waals surface area contributed by atoms with E-state index in [0.717, 1.165) is 0 Å². The quantitative estimate of drug-likeness (QED) is 0.512. The van der Waals surface area contributed by atoms with Gasteiger partial charge in [0.15, 0.2) is 11.5 Å². The van der Waals surface area contributed by atoms with E-state index >= 15 is 0 Å². The van der Waals surface area contributed by atoms with Crippen molar-refractivity contribution in [3.63, 3.8) is 0 Å². The molecule has 9 nitrogen and oxygen atoms in total. The summed E-state index contributed by atoms with van der Waals surface area (Å²) in [6.45, 7) is 2.52. The molecule has 0 radical (unpaired) electrons. The molecule has 5 rings (SSSR count). The zero-order valence-electron chi connectivity index (χ0n) is 18.3. The van der Waals surface area contributed by atoms with Crippen LogP contribution < -0.4 is 0 Å². The summed E-state index contributed by atoms with van der Waals surface area (Å²) in [6.07, 6.45) is 2.93. The maximum Gasteiger partial charge on any atom is 0.290 e. The van der Waals surface area contributed by atoms with Gasteiger partial charge in [0.2, 0.25) is 5.78 Å². The second-order valence-electron chi connectivity index (χ2n) is 8.20.